The van der Waals surface area contributed by atoms with Gasteiger partial charge >= 0.3 is 0 Å². The first-order valence-electron chi connectivity index (χ1n) is 10.8. The molecule has 0 saturated heterocycles. The molecule has 7 nitrogen and oxygen atoms in total. The van der Waals surface area contributed by atoms with Gasteiger partial charge in [0.1, 0.15) is 31.7 Å². The number of aromatic nitrogens is 2. The number of sulfone groups is 1. The van der Waals surface area contributed by atoms with Crippen molar-refractivity contribution in [3.05, 3.63) is 53.1 Å². The molecule has 1 aliphatic rings. The first-order valence-corrected chi connectivity index (χ1v) is 13.7. The molecule has 0 radical (unpaired) electrons. The molecule has 4 rings (SSSR count). The minimum absolute atomic E-state index is 0.0130. The molecule has 3 aromatic rings. The maximum atomic E-state index is 11.4. The van der Waals surface area contributed by atoms with Crippen LogP contribution in [0.25, 0.3) is 21.1 Å². The minimum atomic E-state index is -2.99. The molecule has 0 aliphatic heterocycles. The molecule has 0 saturated carbocycles. The smallest absolute Gasteiger partial charge is 0.148 e. The molecule has 0 amide bonds. The van der Waals surface area contributed by atoms with Crippen LogP contribution in [0.3, 0.4) is 0 Å². The summed E-state index contributed by atoms with van der Waals surface area (Å²) >= 11 is 1.49. The Morgan fingerprint density at radius 3 is 2.76 bits per heavy atom. The summed E-state index contributed by atoms with van der Waals surface area (Å²) < 4.78 is 28.6. The number of ether oxygens (including phenoxy) is 1. The van der Waals surface area contributed by atoms with Crippen LogP contribution in [-0.4, -0.2) is 43.3 Å². The van der Waals surface area contributed by atoms with E-state index in [0.29, 0.717) is 17.9 Å². The van der Waals surface area contributed by atoms with E-state index in [1.54, 1.807) is 6.07 Å². The molecule has 1 unspecified atom stereocenters. The van der Waals surface area contributed by atoms with E-state index in [1.165, 1.54) is 28.7 Å². The monoisotopic (exact) mass is 482 g/mol. The van der Waals surface area contributed by atoms with Crippen molar-refractivity contribution in [3.63, 3.8) is 0 Å². The zero-order chi connectivity index (χ0) is 23.6. The average molecular weight is 483 g/mol. The fourth-order valence-electron chi connectivity index (χ4n) is 4.04. The van der Waals surface area contributed by atoms with Crippen LogP contribution < -0.4 is 10.1 Å². The minimum Gasteiger partial charge on any atom is -0.490 e. The zero-order valence-corrected chi connectivity index (χ0v) is 20.5. The van der Waals surface area contributed by atoms with Crippen molar-refractivity contribution < 1.29 is 13.2 Å². The van der Waals surface area contributed by atoms with Crippen molar-refractivity contribution in [2.24, 2.45) is 0 Å². The first kappa shape index (κ1) is 23.4. The van der Waals surface area contributed by atoms with Crippen LogP contribution in [0.1, 0.15) is 43.0 Å². The highest BCUT2D eigenvalue weighted by Gasteiger charge is 2.26. The lowest BCUT2D eigenvalue weighted by Crippen LogP contribution is -2.25. The highest BCUT2D eigenvalue weighted by molar-refractivity contribution is 7.90. The van der Waals surface area contributed by atoms with Crippen molar-refractivity contribution in [2.45, 2.75) is 38.8 Å². The maximum Gasteiger partial charge on any atom is 0.148 e. The highest BCUT2D eigenvalue weighted by atomic mass is 32.2. The molecule has 1 N–H and O–H groups in total. The van der Waals surface area contributed by atoms with Gasteiger partial charge in [-0.15, -0.1) is 10.2 Å². The Kier molecular flexibility index (Phi) is 6.79. The van der Waals surface area contributed by atoms with Gasteiger partial charge in [0.2, 0.25) is 0 Å². The molecular weight excluding hydrogens is 456 g/mol. The number of rotatable bonds is 8. The molecular formula is C24H26N4O3S2. The molecule has 1 heterocycles. The zero-order valence-electron chi connectivity index (χ0n) is 18.8. The molecule has 1 aliphatic carbocycles. The van der Waals surface area contributed by atoms with E-state index in [0.717, 1.165) is 34.0 Å². The van der Waals surface area contributed by atoms with E-state index in [9.17, 15) is 13.7 Å². The van der Waals surface area contributed by atoms with Crippen molar-refractivity contribution in [1.82, 2.24) is 15.5 Å². The van der Waals surface area contributed by atoms with E-state index in [-0.39, 0.29) is 17.9 Å². The van der Waals surface area contributed by atoms with Gasteiger partial charge in [-0.1, -0.05) is 29.5 Å². The number of hydrogen-bond donors (Lipinski definition) is 1. The molecule has 9 heteroatoms. The van der Waals surface area contributed by atoms with Crippen molar-refractivity contribution >= 4 is 21.2 Å². The molecule has 0 fully saturated rings. The summed E-state index contributed by atoms with van der Waals surface area (Å²) in [6.07, 6.45) is 3.06. The van der Waals surface area contributed by atoms with Crippen molar-refractivity contribution in [3.8, 4) is 33.0 Å². The van der Waals surface area contributed by atoms with Crippen LogP contribution in [0, 0.1) is 11.3 Å². The number of nitriles is 1. The lowest BCUT2D eigenvalue weighted by Gasteiger charge is -2.14. The lowest BCUT2D eigenvalue weighted by atomic mass is 10.0. The maximum absolute atomic E-state index is 11.4. The number of hydrogen-bond acceptors (Lipinski definition) is 8. The molecule has 2 aromatic carbocycles. The molecule has 0 spiro atoms. The summed E-state index contributed by atoms with van der Waals surface area (Å²) in [5, 5.41) is 23.3. The number of benzene rings is 2. The second kappa shape index (κ2) is 9.59. The summed E-state index contributed by atoms with van der Waals surface area (Å²) in [5.74, 6) is 0.695. The van der Waals surface area contributed by atoms with E-state index >= 15 is 0 Å². The number of nitrogens with one attached hydrogen (secondary N) is 1. The fraction of sp³-hybridized carbons (Fsp3) is 0.375. The molecule has 172 valence electrons. The van der Waals surface area contributed by atoms with Crippen LogP contribution in [0.15, 0.2) is 36.4 Å². The third-order valence-electron chi connectivity index (χ3n) is 5.50. The highest BCUT2D eigenvalue weighted by Crippen LogP contribution is 2.40. The van der Waals surface area contributed by atoms with Gasteiger partial charge in [-0.3, -0.25) is 0 Å². The van der Waals surface area contributed by atoms with Crippen LogP contribution in [0.4, 0.5) is 0 Å². The van der Waals surface area contributed by atoms with Crippen LogP contribution in [0.5, 0.6) is 5.75 Å². The third kappa shape index (κ3) is 5.41. The quantitative estimate of drug-likeness (QED) is 0.514. The third-order valence-corrected chi connectivity index (χ3v) is 7.45. The van der Waals surface area contributed by atoms with Crippen LogP contribution in [-0.2, 0) is 16.3 Å². The van der Waals surface area contributed by atoms with Gasteiger partial charge in [0.15, 0.2) is 0 Å². The summed E-state index contributed by atoms with van der Waals surface area (Å²) in [6.45, 7) is 4.29. The molecule has 33 heavy (non-hydrogen) atoms. The summed E-state index contributed by atoms with van der Waals surface area (Å²) in [6, 6.07) is 14.0. The van der Waals surface area contributed by atoms with Crippen LogP contribution in [0.2, 0.25) is 0 Å². The Morgan fingerprint density at radius 2 is 2.03 bits per heavy atom. The normalized spacial score (nSPS) is 15.4. The predicted molar refractivity (Wildman–Crippen MR) is 130 cm³/mol. The number of nitrogens with zero attached hydrogens (tertiary/aromatic N) is 3. The molecule has 1 aromatic heterocycles. The van der Waals surface area contributed by atoms with Gasteiger partial charge in [-0.05, 0) is 56.0 Å². The summed E-state index contributed by atoms with van der Waals surface area (Å²) in [7, 11) is -2.99. The van der Waals surface area contributed by atoms with E-state index < -0.39 is 9.84 Å². The standard InChI is InChI=1S/C24H26N4O3S2/c1-15(2)31-22-10-7-16(13-17(22)14-25)23-27-28-24(32-23)20-6-4-5-19-18(20)8-9-21(19)26-11-12-33(3,29)30/h4-7,10,13,15,21,26H,8-9,11-12H2,1-3H3. The van der Waals surface area contributed by atoms with Gasteiger partial charge in [-0.2, -0.15) is 5.26 Å². The van der Waals surface area contributed by atoms with E-state index in [4.69, 9.17) is 4.74 Å². The molecule has 1 atom stereocenters. The lowest BCUT2D eigenvalue weighted by molar-refractivity contribution is 0.242. The SMILES string of the molecule is CC(C)Oc1ccc(-c2nnc(-c3cccc4c3CCC4NCCS(C)(=O)=O)s2)cc1C#N. The Balaban J connectivity index is 1.57. The van der Waals surface area contributed by atoms with Gasteiger partial charge in [0.25, 0.3) is 0 Å². The van der Waals surface area contributed by atoms with Gasteiger partial charge < -0.3 is 10.1 Å². The second-order valence-corrected chi connectivity index (χ2v) is 11.7. The van der Waals surface area contributed by atoms with Crippen molar-refractivity contribution in [1.29, 1.82) is 5.26 Å². The Labute approximate surface area is 198 Å². The summed E-state index contributed by atoms with van der Waals surface area (Å²) in [5.41, 5.74) is 4.79. The number of fused-ring (bicyclic) bond motifs is 1. The van der Waals surface area contributed by atoms with Gasteiger partial charge in [-0.25, -0.2) is 8.42 Å². The van der Waals surface area contributed by atoms with E-state index in [1.807, 2.05) is 32.0 Å². The summed E-state index contributed by atoms with van der Waals surface area (Å²) in [4.78, 5) is 0. The van der Waals surface area contributed by atoms with Gasteiger partial charge in [0, 0.05) is 30.0 Å². The Morgan fingerprint density at radius 1 is 1.24 bits per heavy atom. The largest absolute Gasteiger partial charge is 0.490 e. The van der Waals surface area contributed by atoms with Crippen LogP contribution >= 0.6 is 11.3 Å². The fourth-order valence-corrected chi connectivity index (χ4v) is 5.42. The molecule has 0 bridgehead atoms. The van der Waals surface area contributed by atoms with Gasteiger partial charge in [0.05, 0.1) is 17.4 Å². The first-order chi connectivity index (χ1) is 15.7. The topological polar surface area (TPSA) is 105 Å². The van der Waals surface area contributed by atoms with Crippen molar-refractivity contribution in [2.75, 3.05) is 18.6 Å². The average Bonchev–Trinajstić information content (AvgIpc) is 3.40. The Hall–Kier alpha value is -2.80. The predicted octanol–water partition coefficient (Wildman–Crippen LogP) is 4.15. The Bertz CT molecular complexity index is 1310. The van der Waals surface area contributed by atoms with E-state index in [2.05, 4.69) is 33.7 Å². The second-order valence-electron chi connectivity index (χ2n) is 8.45.